The van der Waals surface area contributed by atoms with E-state index in [-0.39, 0.29) is 0 Å². The average Bonchev–Trinajstić information content (AvgIpc) is 2.64. The van der Waals surface area contributed by atoms with E-state index in [1.165, 1.54) is 12.2 Å². The first-order valence-electron chi connectivity index (χ1n) is 4.88. The van der Waals surface area contributed by atoms with Gasteiger partial charge in [0.2, 0.25) is 0 Å². The summed E-state index contributed by atoms with van der Waals surface area (Å²) in [5, 5.41) is 0. The summed E-state index contributed by atoms with van der Waals surface area (Å²) < 4.78 is 37.5. The molecule has 3 heteroatoms. The van der Waals surface area contributed by atoms with Crippen molar-refractivity contribution in [3.05, 3.63) is 65.2 Å². The van der Waals surface area contributed by atoms with Gasteiger partial charge in [0.05, 0.1) is 0 Å². The van der Waals surface area contributed by atoms with E-state index in [4.69, 9.17) is 0 Å². The standard InChI is InChI=1S/C13H10F3/c1-9-5-6-11(7-9)10-3-2-4-12(8-10)13(14,15)16/h2-8H,1H3/q-1/b11-10-. The second-order valence-corrected chi connectivity index (χ2v) is 3.76. The van der Waals surface area contributed by atoms with Gasteiger partial charge in [-0.15, -0.1) is 30.2 Å². The maximum absolute atomic E-state index is 12.5. The lowest BCUT2D eigenvalue weighted by atomic mass is 9.97. The van der Waals surface area contributed by atoms with Gasteiger partial charge in [0.15, 0.2) is 0 Å². The lowest BCUT2D eigenvalue weighted by Crippen LogP contribution is -2.12. The van der Waals surface area contributed by atoms with Crippen LogP contribution < -0.4 is 0 Å². The van der Waals surface area contributed by atoms with Crippen LogP contribution in [0.15, 0.2) is 58.7 Å². The highest BCUT2D eigenvalue weighted by molar-refractivity contribution is 5.57. The molecule has 16 heavy (non-hydrogen) atoms. The minimum Gasteiger partial charge on any atom is -0.168 e. The van der Waals surface area contributed by atoms with Crippen molar-refractivity contribution in [2.75, 3.05) is 0 Å². The predicted octanol–water partition coefficient (Wildman–Crippen LogP) is 4.06. The van der Waals surface area contributed by atoms with Crippen LogP contribution in [0.5, 0.6) is 0 Å². The minimum absolute atomic E-state index is 0.600. The molecule has 0 spiro atoms. The van der Waals surface area contributed by atoms with Gasteiger partial charge < -0.3 is 0 Å². The fourth-order valence-corrected chi connectivity index (χ4v) is 1.62. The summed E-state index contributed by atoms with van der Waals surface area (Å²) in [6.07, 6.45) is 6.67. The molecule has 0 nitrogen and oxygen atoms in total. The van der Waals surface area contributed by atoms with Crippen molar-refractivity contribution < 1.29 is 13.2 Å². The molecule has 0 bridgehead atoms. The lowest BCUT2D eigenvalue weighted by Gasteiger charge is -2.20. The summed E-state index contributed by atoms with van der Waals surface area (Å²) in [7, 11) is 0. The van der Waals surface area contributed by atoms with Crippen molar-refractivity contribution in [3.63, 3.8) is 0 Å². The first kappa shape index (κ1) is 10.9. The normalized spacial score (nSPS) is 24.2. The number of rotatable bonds is 0. The van der Waals surface area contributed by atoms with Crippen molar-refractivity contribution in [2.45, 2.75) is 13.1 Å². The van der Waals surface area contributed by atoms with Gasteiger partial charge in [-0.1, -0.05) is 29.4 Å². The molecule has 0 saturated heterocycles. The Balaban J connectivity index is 2.38. The molecule has 2 rings (SSSR count). The molecule has 0 radical (unpaired) electrons. The highest BCUT2D eigenvalue weighted by Crippen LogP contribution is 2.32. The maximum atomic E-state index is 12.5. The molecule has 0 aromatic rings. The van der Waals surface area contributed by atoms with Crippen LogP contribution in [0.4, 0.5) is 13.2 Å². The highest BCUT2D eigenvalue weighted by atomic mass is 19.4. The third-order valence-electron chi connectivity index (χ3n) is 2.43. The van der Waals surface area contributed by atoms with Gasteiger partial charge in [-0.05, 0) is 12.5 Å². The fraction of sp³-hybridized carbons (Fsp3) is 0.154. The number of hydrogen-bond donors (Lipinski definition) is 0. The Bertz CT molecular complexity index is 454. The van der Waals surface area contributed by atoms with Crippen LogP contribution >= 0.6 is 0 Å². The van der Waals surface area contributed by atoms with E-state index in [0.29, 0.717) is 5.57 Å². The van der Waals surface area contributed by atoms with Crippen molar-refractivity contribution in [1.29, 1.82) is 0 Å². The monoisotopic (exact) mass is 223 g/mol. The number of halogens is 3. The van der Waals surface area contributed by atoms with Crippen LogP contribution in [-0.2, 0) is 0 Å². The van der Waals surface area contributed by atoms with Gasteiger partial charge in [0.25, 0.3) is 0 Å². The Hall–Kier alpha value is -1.64. The molecule has 84 valence electrons. The summed E-state index contributed by atoms with van der Waals surface area (Å²) in [5.41, 5.74) is 1.86. The molecule has 0 unspecified atom stereocenters. The Kier molecular flexibility index (Phi) is 2.54. The number of alkyl halides is 3. The second kappa shape index (κ2) is 3.74. The van der Waals surface area contributed by atoms with Crippen LogP contribution in [0.2, 0.25) is 0 Å². The van der Waals surface area contributed by atoms with Gasteiger partial charge in [0, 0.05) is 0 Å². The minimum atomic E-state index is -4.28. The molecular weight excluding hydrogens is 213 g/mol. The van der Waals surface area contributed by atoms with Crippen molar-refractivity contribution in [1.82, 2.24) is 0 Å². The van der Waals surface area contributed by atoms with Crippen molar-refractivity contribution in [2.24, 2.45) is 0 Å². The number of allylic oxidation sites excluding steroid dienone is 10. The molecule has 0 fully saturated rings. The van der Waals surface area contributed by atoms with Crippen LogP contribution in [0.3, 0.4) is 0 Å². The summed E-state index contributed by atoms with van der Waals surface area (Å²) >= 11 is 0. The van der Waals surface area contributed by atoms with Crippen molar-refractivity contribution in [3.8, 4) is 0 Å². The van der Waals surface area contributed by atoms with E-state index in [2.05, 4.69) is 0 Å². The van der Waals surface area contributed by atoms with Crippen LogP contribution in [0.1, 0.15) is 6.92 Å². The van der Waals surface area contributed by atoms with Crippen LogP contribution in [0, 0.1) is 6.42 Å². The topological polar surface area (TPSA) is 0 Å². The molecule has 0 amide bonds. The highest BCUT2D eigenvalue weighted by Gasteiger charge is 2.29. The zero-order valence-corrected chi connectivity index (χ0v) is 8.68. The molecule has 2 aliphatic rings. The van der Waals surface area contributed by atoms with E-state index in [1.807, 2.05) is 25.2 Å². The molecule has 0 aliphatic heterocycles. The fourth-order valence-electron chi connectivity index (χ4n) is 1.62. The molecule has 0 saturated carbocycles. The third kappa shape index (κ3) is 2.13. The Morgan fingerprint density at radius 3 is 2.38 bits per heavy atom. The number of hydrogen-bond acceptors (Lipinski definition) is 0. The van der Waals surface area contributed by atoms with E-state index < -0.39 is 11.7 Å². The summed E-state index contributed by atoms with van der Waals surface area (Å²) in [4.78, 5) is 0. The average molecular weight is 223 g/mol. The SMILES string of the molecule is CC1=C/C(=C2\C=C(C(F)(F)F)C=C[CH-]2)C=C1. The smallest absolute Gasteiger partial charge is 0.168 e. The van der Waals surface area contributed by atoms with Crippen LogP contribution in [0.25, 0.3) is 0 Å². The van der Waals surface area contributed by atoms with E-state index in [0.717, 1.165) is 17.2 Å². The second-order valence-electron chi connectivity index (χ2n) is 3.76. The first-order chi connectivity index (χ1) is 7.47. The summed E-state index contributed by atoms with van der Waals surface area (Å²) in [6, 6.07) is 0. The van der Waals surface area contributed by atoms with Gasteiger partial charge in [-0.2, -0.15) is 13.2 Å². The first-order valence-corrected chi connectivity index (χ1v) is 4.88. The van der Waals surface area contributed by atoms with E-state index >= 15 is 0 Å². The molecule has 0 aromatic heterocycles. The maximum Gasteiger partial charge on any atom is 0.399 e. The molecule has 0 N–H and O–H groups in total. The van der Waals surface area contributed by atoms with Gasteiger partial charge in [-0.25, -0.2) is 0 Å². The Morgan fingerprint density at radius 1 is 1.06 bits per heavy atom. The zero-order chi connectivity index (χ0) is 11.8. The largest absolute Gasteiger partial charge is 0.399 e. The quantitative estimate of drug-likeness (QED) is 0.543. The Labute approximate surface area is 92.2 Å². The molecule has 0 atom stereocenters. The summed E-state index contributed by atoms with van der Waals surface area (Å²) in [6.45, 7) is 1.91. The van der Waals surface area contributed by atoms with Gasteiger partial charge in [0.1, 0.15) is 0 Å². The molecule has 0 heterocycles. The van der Waals surface area contributed by atoms with Crippen LogP contribution in [-0.4, -0.2) is 6.18 Å². The van der Waals surface area contributed by atoms with E-state index in [1.54, 1.807) is 6.42 Å². The predicted molar refractivity (Wildman–Crippen MR) is 57.5 cm³/mol. The lowest BCUT2D eigenvalue weighted by molar-refractivity contribution is -0.0883. The molecule has 2 aliphatic carbocycles. The molecular formula is C13H10F3-. The van der Waals surface area contributed by atoms with Gasteiger partial charge >= 0.3 is 6.18 Å². The van der Waals surface area contributed by atoms with Gasteiger partial charge in [-0.3, -0.25) is 0 Å². The van der Waals surface area contributed by atoms with Crippen molar-refractivity contribution >= 4 is 0 Å². The summed E-state index contributed by atoms with van der Waals surface area (Å²) in [5.74, 6) is 0. The zero-order valence-electron chi connectivity index (χ0n) is 8.68. The van der Waals surface area contributed by atoms with E-state index in [9.17, 15) is 13.2 Å². The molecule has 0 aromatic carbocycles. The Morgan fingerprint density at radius 2 is 1.81 bits per heavy atom. The third-order valence-corrected chi connectivity index (χ3v) is 2.43.